The van der Waals surface area contributed by atoms with Crippen molar-refractivity contribution in [1.29, 1.82) is 0 Å². The summed E-state index contributed by atoms with van der Waals surface area (Å²) in [7, 11) is 1.18. The van der Waals surface area contributed by atoms with Gasteiger partial charge in [-0.1, -0.05) is 30.6 Å². The molecule has 0 spiro atoms. The molecule has 42 heavy (non-hydrogen) atoms. The molecule has 0 aromatic heterocycles. The fraction of sp³-hybridized carbons (Fsp3) is 0.645. The summed E-state index contributed by atoms with van der Waals surface area (Å²) in [4.78, 5) is 40.7. The van der Waals surface area contributed by atoms with Gasteiger partial charge >= 0.3 is 11.7 Å². The van der Waals surface area contributed by atoms with E-state index < -0.39 is 40.9 Å². The van der Waals surface area contributed by atoms with Gasteiger partial charge in [0.15, 0.2) is 12.4 Å². The SMILES string of the molecule is COC(=O)[C@H](Cc1ccc(O)c([N+](=O)[O-])c1)NC(=O)CON=C1C=C2CC[C@H]3[C@@H](CC[C@]4(C)[C@@H](O)CC[C@@H]34)[C@@]2(C)CC1. The summed E-state index contributed by atoms with van der Waals surface area (Å²) < 4.78 is 4.79. The Kier molecular flexibility index (Phi) is 8.33. The van der Waals surface area contributed by atoms with E-state index >= 15 is 0 Å². The third kappa shape index (κ3) is 5.50. The number of nitro benzene ring substituents is 1. The number of methoxy groups -OCH3 is 1. The molecular weight excluding hydrogens is 542 g/mol. The number of aromatic hydroxyl groups is 1. The van der Waals surface area contributed by atoms with Crippen molar-refractivity contribution in [2.45, 2.75) is 83.8 Å². The minimum atomic E-state index is -1.10. The lowest BCUT2D eigenvalue weighted by molar-refractivity contribution is -0.385. The number of oxime groups is 1. The maximum absolute atomic E-state index is 12.6. The average molecular weight is 584 g/mol. The average Bonchev–Trinajstić information content (AvgIpc) is 3.27. The summed E-state index contributed by atoms with van der Waals surface area (Å²) in [5, 5.41) is 38.3. The fourth-order valence-corrected chi connectivity index (χ4v) is 8.44. The number of benzene rings is 1. The Hall–Kier alpha value is -3.47. The first-order valence-corrected chi connectivity index (χ1v) is 14.9. The number of fused-ring (bicyclic) bond motifs is 5. The first-order chi connectivity index (χ1) is 20.0. The Balaban J connectivity index is 1.19. The molecule has 3 fully saturated rings. The highest BCUT2D eigenvalue weighted by atomic mass is 16.6. The first-order valence-electron chi connectivity index (χ1n) is 14.9. The van der Waals surface area contributed by atoms with Crippen LogP contribution in [0, 0.1) is 38.7 Å². The number of hydrogen-bond donors (Lipinski definition) is 3. The second kappa shape index (κ2) is 11.7. The Morgan fingerprint density at radius 2 is 1.95 bits per heavy atom. The van der Waals surface area contributed by atoms with E-state index in [1.54, 1.807) is 0 Å². The highest BCUT2D eigenvalue weighted by Crippen LogP contribution is 2.65. The lowest BCUT2D eigenvalue weighted by Gasteiger charge is -2.57. The number of aliphatic hydroxyl groups is 1. The van der Waals surface area contributed by atoms with Gasteiger partial charge in [-0.15, -0.1) is 0 Å². The second-order valence-electron chi connectivity index (χ2n) is 12.9. The number of carbonyl (C=O) groups is 2. The monoisotopic (exact) mass is 583 g/mol. The van der Waals surface area contributed by atoms with E-state index in [2.05, 4.69) is 30.4 Å². The van der Waals surface area contributed by atoms with Crippen LogP contribution in [0.15, 0.2) is 35.0 Å². The zero-order valence-electron chi connectivity index (χ0n) is 24.5. The summed E-state index contributed by atoms with van der Waals surface area (Å²) in [5.41, 5.74) is 2.25. The van der Waals surface area contributed by atoms with Gasteiger partial charge in [-0.25, -0.2) is 4.79 Å². The molecule has 3 saturated carbocycles. The largest absolute Gasteiger partial charge is 0.502 e. The number of carbonyl (C=O) groups excluding carboxylic acids is 2. The van der Waals surface area contributed by atoms with Crippen LogP contribution >= 0.6 is 0 Å². The molecule has 0 unspecified atom stereocenters. The molecule has 1 aromatic rings. The molecule has 11 heteroatoms. The molecule has 3 N–H and O–H groups in total. The number of hydrogen-bond acceptors (Lipinski definition) is 9. The minimum absolute atomic E-state index is 0.0589. The fourth-order valence-electron chi connectivity index (χ4n) is 8.44. The summed E-state index contributed by atoms with van der Waals surface area (Å²) in [6.07, 6.45) is 10.0. The van der Waals surface area contributed by atoms with Gasteiger partial charge in [0.05, 0.1) is 23.8 Å². The van der Waals surface area contributed by atoms with E-state index in [1.807, 2.05) is 0 Å². The molecule has 228 valence electrons. The van der Waals surface area contributed by atoms with Crippen molar-refractivity contribution in [2.75, 3.05) is 13.7 Å². The van der Waals surface area contributed by atoms with Gasteiger partial charge in [-0.05, 0) is 97.7 Å². The quantitative estimate of drug-likeness (QED) is 0.233. The zero-order valence-corrected chi connectivity index (χ0v) is 24.5. The van der Waals surface area contributed by atoms with Crippen LogP contribution in [0.3, 0.4) is 0 Å². The molecule has 0 heterocycles. The second-order valence-corrected chi connectivity index (χ2v) is 12.9. The maximum Gasteiger partial charge on any atom is 0.328 e. The molecule has 0 radical (unpaired) electrons. The molecule has 1 amide bonds. The Labute approximate surface area is 245 Å². The van der Waals surface area contributed by atoms with E-state index in [9.17, 15) is 29.9 Å². The molecule has 5 rings (SSSR count). The highest BCUT2D eigenvalue weighted by Gasteiger charge is 2.58. The third-order valence-corrected chi connectivity index (χ3v) is 10.8. The number of aliphatic hydroxyl groups excluding tert-OH is 1. The normalized spacial score (nSPS) is 33.4. The number of allylic oxidation sites excluding steroid dienone is 2. The Bertz CT molecular complexity index is 1310. The van der Waals surface area contributed by atoms with Crippen molar-refractivity contribution in [2.24, 2.45) is 33.7 Å². The van der Waals surface area contributed by atoms with Crippen LogP contribution < -0.4 is 5.32 Å². The number of amides is 1. The number of phenolic OH excluding ortho intramolecular Hbond substituents is 1. The summed E-state index contributed by atoms with van der Waals surface area (Å²) in [6.45, 7) is 4.29. The van der Waals surface area contributed by atoms with Gasteiger partial charge in [0.25, 0.3) is 5.91 Å². The van der Waals surface area contributed by atoms with Crippen molar-refractivity contribution >= 4 is 23.3 Å². The maximum atomic E-state index is 12.6. The van der Waals surface area contributed by atoms with E-state index in [-0.39, 0.29) is 23.4 Å². The number of esters is 1. The van der Waals surface area contributed by atoms with Gasteiger partial charge in [-0.2, -0.15) is 0 Å². The minimum Gasteiger partial charge on any atom is -0.502 e. The highest BCUT2D eigenvalue weighted by molar-refractivity contribution is 5.96. The van der Waals surface area contributed by atoms with Crippen molar-refractivity contribution in [3.05, 3.63) is 45.5 Å². The van der Waals surface area contributed by atoms with Gasteiger partial charge in [0.1, 0.15) is 6.04 Å². The van der Waals surface area contributed by atoms with Crippen molar-refractivity contribution < 1.29 is 34.3 Å². The van der Waals surface area contributed by atoms with Crippen LogP contribution in [0.25, 0.3) is 0 Å². The third-order valence-electron chi connectivity index (χ3n) is 10.8. The first kappa shape index (κ1) is 30.0. The zero-order chi connectivity index (χ0) is 30.2. The van der Waals surface area contributed by atoms with Gasteiger partial charge in [0.2, 0.25) is 0 Å². The Morgan fingerprint density at radius 3 is 2.69 bits per heavy atom. The molecule has 4 aliphatic rings. The number of phenols is 1. The smallest absolute Gasteiger partial charge is 0.328 e. The van der Waals surface area contributed by atoms with E-state index in [4.69, 9.17) is 9.57 Å². The number of nitro groups is 1. The van der Waals surface area contributed by atoms with Gasteiger partial charge in [0, 0.05) is 12.5 Å². The summed E-state index contributed by atoms with van der Waals surface area (Å²) >= 11 is 0. The molecule has 4 aliphatic carbocycles. The van der Waals surface area contributed by atoms with Crippen molar-refractivity contribution in [3.8, 4) is 5.75 Å². The topological polar surface area (TPSA) is 161 Å². The molecule has 0 saturated heterocycles. The number of nitrogens with zero attached hydrogens (tertiary/aromatic N) is 2. The molecule has 0 aliphatic heterocycles. The van der Waals surface area contributed by atoms with Crippen LogP contribution in [0.2, 0.25) is 0 Å². The summed E-state index contributed by atoms with van der Waals surface area (Å²) in [6, 6.07) is 2.66. The van der Waals surface area contributed by atoms with Gasteiger partial charge in [-0.3, -0.25) is 14.9 Å². The van der Waals surface area contributed by atoms with Gasteiger partial charge < -0.3 is 25.1 Å². The van der Waals surface area contributed by atoms with E-state index in [1.165, 1.54) is 24.8 Å². The Morgan fingerprint density at radius 1 is 1.17 bits per heavy atom. The number of rotatable bonds is 8. The van der Waals surface area contributed by atoms with Crippen LogP contribution in [-0.4, -0.2) is 58.6 Å². The van der Waals surface area contributed by atoms with E-state index in [0.717, 1.165) is 63.1 Å². The predicted octanol–water partition coefficient (Wildman–Crippen LogP) is 4.20. The molecule has 7 atom stereocenters. The van der Waals surface area contributed by atoms with Crippen LogP contribution in [0.1, 0.15) is 70.8 Å². The van der Waals surface area contributed by atoms with Crippen molar-refractivity contribution in [1.82, 2.24) is 5.32 Å². The molecular formula is C31H41N3O8. The summed E-state index contributed by atoms with van der Waals surface area (Å²) in [5.74, 6) is 0.0699. The van der Waals surface area contributed by atoms with Crippen molar-refractivity contribution in [3.63, 3.8) is 0 Å². The molecule has 1 aromatic carbocycles. The molecule has 0 bridgehead atoms. The molecule has 11 nitrogen and oxygen atoms in total. The lowest BCUT2D eigenvalue weighted by Crippen LogP contribution is -2.51. The predicted molar refractivity (Wildman–Crippen MR) is 154 cm³/mol. The number of ether oxygens (including phenoxy) is 1. The van der Waals surface area contributed by atoms with Crippen LogP contribution in [-0.2, 0) is 25.6 Å². The standard InChI is InChI=1S/C31H41N3O8/c1-30-12-10-20(16-19(30)5-6-21-22-7-9-27(36)31(22,2)13-11-23(21)30)33-42-17-28(37)32-24(29(38)41-3)14-18-4-8-26(35)25(15-18)34(39)40/h4,8,15-16,21-24,27,35-36H,5-7,9-14,17H2,1-3H3,(H,32,37)/t21-,22+,23-,24+,27+,30+,31+/m1/s1. The van der Waals surface area contributed by atoms with E-state index in [0.29, 0.717) is 23.3 Å². The van der Waals surface area contributed by atoms with Crippen LogP contribution in [0.5, 0.6) is 5.75 Å². The van der Waals surface area contributed by atoms with Crippen LogP contribution in [0.4, 0.5) is 5.69 Å². The lowest BCUT2D eigenvalue weighted by atomic mass is 9.47. The number of nitrogens with one attached hydrogen (secondary N) is 1.